The van der Waals surface area contributed by atoms with E-state index in [1.165, 1.54) is 0 Å². The number of amides is 1. The summed E-state index contributed by atoms with van der Waals surface area (Å²) in [5.41, 5.74) is 2.59. The molecule has 3 rings (SSSR count). The van der Waals surface area contributed by atoms with Gasteiger partial charge in [0.2, 0.25) is 5.91 Å². The molecule has 1 amide bonds. The van der Waals surface area contributed by atoms with Crippen molar-refractivity contribution in [3.05, 3.63) is 54.6 Å². The lowest BCUT2D eigenvalue weighted by atomic mass is 9.78. The third-order valence-corrected chi connectivity index (χ3v) is 4.63. The topological polar surface area (TPSA) is 78.4 Å². The molecule has 0 bridgehead atoms. The zero-order chi connectivity index (χ0) is 17.6. The lowest BCUT2D eigenvalue weighted by Crippen LogP contribution is -2.36. The van der Waals surface area contributed by atoms with Gasteiger partial charge in [0.15, 0.2) is 0 Å². The van der Waals surface area contributed by atoms with Crippen molar-refractivity contribution in [2.45, 2.75) is 25.7 Å². The Labute approximate surface area is 147 Å². The van der Waals surface area contributed by atoms with Crippen molar-refractivity contribution < 1.29 is 14.7 Å². The fourth-order valence-corrected chi connectivity index (χ4v) is 3.30. The van der Waals surface area contributed by atoms with Crippen LogP contribution in [0.4, 0.5) is 17.1 Å². The van der Waals surface area contributed by atoms with E-state index >= 15 is 0 Å². The molecule has 0 saturated heterocycles. The predicted molar refractivity (Wildman–Crippen MR) is 97.9 cm³/mol. The Morgan fingerprint density at radius 3 is 2.00 bits per heavy atom. The Morgan fingerprint density at radius 1 is 0.800 bits per heavy atom. The van der Waals surface area contributed by atoms with E-state index in [1.54, 1.807) is 0 Å². The predicted octanol–water partition coefficient (Wildman–Crippen LogP) is 4.26. The number of carbonyl (C=O) groups excluding carboxylic acids is 1. The first-order chi connectivity index (χ1) is 12.1. The van der Waals surface area contributed by atoms with E-state index in [4.69, 9.17) is 0 Å². The van der Waals surface area contributed by atoms with Crippen LogP contribution in [-0.4, -0.2) is 17.0 Å². The lowest BCUT2D eigenvalue weighted by molar-refractivity contribution is -0.147. The number of para-hydroxylation sites is 1. The van der Waals surface area contributed by atoms with Gasteiger partial charge in [-0.3, -0.25) is 9.59 Å². The molecule has 2 atom stereocenters. The second-order valence-electron chi connectivity index (χ2n) is 6.39. The van der Waals surface area contributed by atoms with Crippen molar-refractivity contribution in [3.63, 3.8) is 0 Å². The summed E-state index contributed by atoms with van der Waals surface area (Å²) in [4.78, 5) is 23.8. The summed E-state index contributed by atoms with van der Waals surface area (Å²) >= 11 is 0. The number of hydrogen-bond acceptors (Lipinski definition) is 3. The Kier molecular flexibility index (Phi) is 5.33. The minimum absolute atomic E-state index is 0.198. The number of aliphatic carboxylic acids is 1. The molecule has 130 valence electrons. The molecule has 5 heteroatoms. The van der Waals surface area contributed by atoms with E-state index < -0.39 is 17.8 Å². The molecule has 1 aliphatic carbocycles. The largest absolute Gasteiger partial charge is 0.481 e. The first-order valence-electron chi connectivity index (χ1n) is 8.59. The molecule has 25 heavy (non-hydrogen) atoms. The van der Waals surface area contributed by atoms with Gasteiger partial charge < -0.3 is 15.7 Å². The number of carbonyl (C=O) groups is 2. The first kappa shape index (κ1) is 17.0. The van der Waals surface area contributed by atoms with E-state index in [1.807, 2.05) is 54.6 Å². The minimum atomic E-state index is -0.873. The van der Waals surface area contributed by atoms with Gasteiger partial charge in [-0.15, -0.1) is 0 Å². The van der Waals surface area contributed by atoms with Gasteiger partial charge in [0.05, 0.1) is 11.8 Å². The maximum atomic E-state index is 12.5. The molecule has 1 fully saturated rings. The number of rotatable bonds is 5. The fraction of sp³-hybridized carbons (Fsp3) is 0.300. The van der Waals surface area contributed by atoms with E-state index in [0.29, 0.717) is 18.5 Å². The summed E-state index contributed by atoms with van der Waals surface area (Å²) < 4.78 is 0. The second kappa shape index (κ2) is 7.83. The molecule has 1 saturated carbocycles. The third kappa shape index (κ3) is 4.38. The molecule has 0 heterocycles. The van der Waals surface area contributed by atoms with Crippen LogP contribution in [0.2, 0.25) is 0 Å². The summed E-state index contributed by atoms with van der Waals surface area (Å²) in [6.07, 6.45) is 2.99. The molecule has 3 N–H and O–H groups in total. The zero-order valence-corrected chi connectivity index (χ0v) is 13.9. The molecule has 0 aliphatic heterocycles. The summed E-state index contributed by atoms with van der Waals surface area (Å²) in [5, 5.41) is 15.4. The maximum absolute atomic E-state index is 12.5. The smallest absolute Gasteiger partial charge is 0.307 e. The molecule has 0 radical (unpaired) electrons. The second-order valence-corrected chi connectivity index (χ2v) is 6.39. The van der Waals surface area contributed by atoms with E-state index in [-0.39, 0.29) is 5.91 Å². The number of carboxylic acid groups (broad SMARTS) is 1. The highest BCUT2D eigenvalue weighted by Crippen LogP contribution is 2.31. The minimum Gasteiger partial charge on any atom is -0.481 e. The highest BCUT2D eigenvalue weighted by Gasteiger charge is 2.35. The highest BCUT2D eigenvalue weighted by atomic mass is 16.4. The molecular weight excluding hydrogens is 316 g/mol. The highest BCUT2D eigenvalue weighted by molar-refractivity contribution is 5.95. The van der Waals surface area contributed by atoms with Crippen molar-refractivity contribution in [2.24, 2.45) is 11.8 Å². The Bertz CT molecular complexity index is 728. The van der Waals surface area contributed by atoms with Crippen molar-refractivity contribution in [1.29, 1.82) is 0 Å². The van der Waals surface area contributed by atoms with Gasteiger partial charge in [0.25, 0.3) is 0 Å². The van der Waals surface area contributed by atoms with Gasteiger partial charge >= 0.3 is 5.97 Å². The van der Waals surface area contributed by atoms with Gasteiger partial charge in [-0.05, 0) is 49.2 Å². The van der Waals surface area contributed by atoms with Crippen molar-refractivity contribution in [3.8, 4) is 0 Å². The number of anilines is 3. The van der Waals surface area contributed by atoms with E-state index in [2.05, 4.69) is 10.6 Å². The van der Waals surface area contributed by atoms with Crippen molar-refractivity contribution in [1.82, 2.24) is 0 Å². The average Bonchev–Trinajstić information content (AvgIpc) is 2.64. The van der Waals surface area contributed by atoms with Gasteiger partial charge in [0, 0.05) is 17.1 Å². The van der Waals surface area contributed by atoms with Crippen LogP contribution in [-0.2, 0) is 9.59 Å². The van der Waals surface area contributed by atoms with Crippen molar-refractivity contribution in [2.75, 3.05) is 10.6 Å². The van der Waals surface area contributed by atoms with Crippen LogP contribution in [0.1, 0.15) is 25.7 Å². The number of carboxylic acids is 1. The molecule has 0 spiro atoms. The van der Waals surface area contributed by atoms with Crippen LogP contribution in [0, 0.1) is 11.8 Å². The van der Waals surface area contributed by atoms with Crippen LogP contribution < -0.4 is 10.6 Å². The van der Waals surface area contributed by atoms with E-state index in [9.17, 15) is 14.7 Å². The third-order valence-electron chi connectivity index (χ3n) is 4.63. The normalized spacial score (nSPS) is 19.8. The summed E-state index contributed by atoms with van der Waals surface area (Å²) in [7, 11) is 0. The number of benzene rings is 2. The van der Waals surface area contributed by atoms with Crippen LogP contribution >= 0.6 is 0 Å². The van der Waals surface area contributed by atoms with Gasteiger partial charge in [-0.25, -0.2) is 0 Å². The summed E-state index contributed by atoms with van der Waals surface area (Å²) in [5.74, 6) is -2.10. The Hall–Kier alpha value is -2.82. The number of nitrogens with one attached hydrogen (secondary N) is 2. The van der Waals surface area contributed by atoms with Crippen LogP contribution in [0.3, 0.4) is 0 Å². The molecule has 0 unspecified atom stereocenters. The van der Waals surface area contributed by atoms with E-state index in [0.717, 1.165) is 24.2 Å². The number of hydrogen-bond donors (Lipinski definition) is 3. The SMILES string of the molecule is O=C(O)[C@H]1CCCC[C@@H]1C(=O)Nc1ccc(Nc2ccccc2)cc1. The lowest BCUT2D eigenvalue weighted by Gasteiger charge is -2.27. The monoisotopic (exact) mass is 338 g/mol. The van der Waals surface area contributed by atoms with Crippen LogP contribution in [0.15, 0.2) is 54.6 Å². The molecule has 2 aromatic carbocycles. The standard InChI is InChI=1S/C20H22N2O3/c23-19(17-8-4-5-9-18(17)20(24)25)22-16-12-10-15(11-13-16)21-14-6-2-1-3-7-14/h1-3,6-7,10-13,17-18,21H,4-5,8-9H2,(H,22,23)(H,24,25)/t17-,18-/m0/s1. The van der Waals surface area contributed by atoms with Crippen LogP contribution in [0.5, 0.6) is 0 Å². The Morgan fingerprint density at radius 2 is 1.36 bits per heavy atom. The molecule has 0 aromatic heterocycles. The quantitative estimate of drug-likeness (QED) is 0.761. The molecule has 5 nitrogen and oxygen atoms in total. The Balaban J connectivity index is 1.62. The van der Waals surface area contributed by atoms with Crippen LogP contribution in [0.25, 0.3) is 0 Å². The summed E-state index contributed by atoms with van der Waals surface area (Å²) in [6.45, 7) is 0. The zero-order valence-electron chi connectivity index (χ0n) is 13.9. The molecule has 2 aromatic rings. The van der Waals surface area contributed by atoms with Crippen molar-refractivity contribution >= 4 is 28.9 Å². The average molecular weight is 338 g/mol. The van der Waals surface area contributed by atoms with Gasteiger partial charge in [0.1, 0.15) is 0 Å². The molecule has 1 aliphatic rings. The van der Waals surface area contributed by atoms with Gasteiger partial charge in [-0.2, -0.15) is 0 Å². The fourth-order valence-electron chi connectivity index (χ4n) is 3.30. The summed E-state index contributed by atoms with van der Waals surface area (Å²) in [6, 6.07) is 17.2. The van der Waals surface area contributed by atoms with Gasteiger partial charge in [-0.1, -0.05) is 31.0 Å². The first-order valence-corrected chi connectivity index (χ1v) is 8.59. The molecular formula is C20H22N2O3. The maximum Gasteiger partial charge on any atom is 0.307 e.